The second-order valence-electron chi connectivity index (χ2n) is 5.29. The van der Waals surface area contributed by atoms with Gasteiger partial charge in [0, 0.05) is 23.9 Å². The summed E-state index contributed by atoms with van der Waals surface area (Å²) in [4.78, 5) is 28.2. The van der Waals surface area contributed by atoms with E-state index in [1.165, 1.54) is 17.8 Å². The van der Waals surface area contributed by atoms with Gasteiger partial charge in [-0.25, -0.2) is 0 Å². The van der Waals surface area contributed by atoms with Gasteiger partial charge in [0.05, 0.1) is 5.25 Å². The first kappa shape index (κ1) is 16.5. The number of thioether (sulfide) groups is 1. The summed E-state index contributed by atoms with van der Waals surface area (Å²) in [7, 11) is 0. The third-order valence-corrected chi connectivity index (χ3v) is 4.67. The molecule has 2 aromatic rings. The first-order valence-corrected chi connectivity index (χ1v) is 8.26. The van der Waals surface area contributed by atoms with Crippen LogP contribution in [0.25, 0.3) is 0 Å². The Morgan fingerprint density at radius 3 is 2.50 bits per heavy atom. The van der Waals surface area contributed by atoms with Crippen LogP contribution < -0.4 is 5.56 Å². The SMILES string of the molecule is CCC(Sc1nc(=O)ccn1C(C)C)C(=O)c1ccccc1. The Kier molecular flexibility index (Phi) is 5.55. The highest BCUT2D eigenvalue weighted by Crippen LogP contribution is 2.27. The Morgan fingerprint density at radius 2 is 1.91 bits per heavy atom. The lowest BCUT2D eigenvalue weighted by Gasteiger charge is -2.18. The quantitative estimate of drug-likeness (QED) is 0.464. The molecule has 2 rings (SSSR count). The van der Waals surface area contributed by atoms with E-state index in [4.69, 9.17) is 0 Å². The fourth-order valence-electron chi connectivity index (χ4n) is 2.12. The molecule has 1 aromatic heterocycles. The first-order chi connectivity index (χ1) is 10.5. The van der Waals surface area contributed by atoms with E-state index in [0.717, 1.165) is 0 Å². The van der Waals surface area contributed by atoms with Crippen LogP contribution in [0.1, 0.15) is 43.6 Å². The Morgan fingerprint density at radius 1 is 1.23 bits per heavy atom. The lowest BCUT2D eigenvalue weighted by molar-refractivity contribution is 0.0988. The Bertz CT molecular complexity index is 695. The molecule has 0 amide bonds. The molecule has 0 saturated carbocycles. The van der Waals surface area contributed by atoms with Crippen LogP contribution in [0.4, 0.5) is 0 Å². The summed E-state index contributed by atoms with van der Waals surface area (Å²) in [5.74, 6) is 0.0708. The number of Topliss-reactive ketones (excluding diaryl/α,β-unsaturated/α-hetero) is 1. The second kappa shape index (κ2) is 7.40. The first-order valence-electron chi connectivity index (χ1n) is 7.38. The third-order valence-electron chi connectivity index (χ3n) is 3.33. The Balaban J connectivity index is 2.29. The summed E-state index contributed by atoms with van der Waals surface area (Å²) in [6, 6.07) is 10.9. The zero-order chi connectivity index (χ0) is 16.1. The predicted molar refractivity (Wildman–Crippen MR) is 89.6 cm³/mol. The van der Waals surface area contributed by atoms with Crippen LogP contribution >= 0.6 is 11.8 Å². The van der Waals surface area contributed by atoms with E-state index in [-0.39, 0.29) is 22.6 Å². The van der Waals surface area contributed by atoms with Gasteiger partial charge in [0.15, 0.2) is 10.9 Å². The van der Waals surface area contributed by atoms with Crippen molar-refractivity contribution in [1.82, 2.24) is 9.55 Å². The average molecular weight is 316 g/mol. The van der Waals surface area contributed by atoms with Crippen molar-refractivity contribution < 1.29 is 4.79 Å². The van der Waals surface area contributed by atoms with Crippen molar-refractivity contribution >= 4 is 17.5 Å². The number of hydrogen-bond acceptors (Lipinski definition) is 4. The molecule has 5 heteroatoms. The highest BCUT2D eigenvalue weighted by Gasteiger charge is 2.22. The highest BCUT2D eigenvalue weighted by molar-refractivity contribution is 8.00. The molecule has 0 aliphatic heterocycles. The molecule has 0 aliphatic rings. The van der Waals surface area contributed by atoms with Crippen LogP contribution in [0.3, 0.4) is 0 Å². The molecule has 4 nitrogen and oxygen atoms in total. The number of carbonyl (C=O) groups excluding carboxylic acids is 1. The van der Waals surface area contributed by atoms with Crippen molar-refractivity contribution in [2.45, 2.75) is 43.6 Å². The largest absolute Gasteiger partial charge is 0.325 e. The van der Waals surface area contributed by atoms with Crippen molar-refractivity contribution in [3.8, 4) is 0 Å². The zero-order valence-corrected chi connectivity index (χ0v) is 13.8. The van der Waals surface area contributed by atoms with Crippen LogP contribution in [-0.4, -0.2) is 20.6 Å². The van der Waals surface area contributed by atoms with Crippen LogP contribution in [0, 0.1) is 0 Å². The van der Waals surface area contributed by atoms with E-state index in [1.54, 1.807) is 6.20 Å². The molecule has 0 aliphatic carbocycles. The van der Waals surface area contributed by atoms with Crippen LogP contribution in [0.15, 0.2) is 52.5 Å². The molecule has 0 radical (unpaired) electrons. The smallest absolute Gasteiger partial charge is 0.273 e. The molecular weight excluding hydrogens is 296 g/mol. The fourth-order valence-corrected chi connectivity index (χ4v) is 3.32. The van der Waals surface area contributed by atoms with Gasteiger partial charge in [-0.05, 0) is 20.3 Å². The van der Waals surface area contributed by atoms with Gasteiger partial charge < -0.3 is 4.57 Å². The van der Waals surface area contributed by atoms with E-state index in [2.05, 4.69) is 4.98 Å². The van der Waals surface area contributed by atoms with Gasteiger partial charge in [-0.1, -0.05) is 49.0 Å². The summed E-state index contributed by atoms with van der Waals surface area (Å²) in [6.07, 6.45) is 2.42. The minimum absolute atomic E-state index is 0.0708. The summed E-state index contributed by atoms with van der Waals surface area (Å²) in [6.45, 7) is 6.02. The fraction of sp³-hybridized carbons (Fsp3) is 0.353. The van der Waals surface area contributed by atoms with Gasteiger partial charge in [-0.3, -0.25) is 9.59 Å². The van der Waals surface area contributed by atoms with Gasteiger partial charge in [0.25, 0.3) is 5.56 Å². The van der Waals surface area contributed by atoms with Crippen LogP contribution in [0.5, 0.6) is 0 Å². The predicted octanol–water partition coefficient (Wildman–Crippen LogP) is 3.58. The number of benzene rings is 1. The van der Waals surface area contributed by atoms with Crippen molar-refractivity contribution in [2.75, 3.05) is 0 Å². The number of hydrogen-bond donors (Lipinski definition) is 0. The molecule has 0 bridgehead atoms. The number of aromatic nitrogens is 2. The molecule has 0 N–H and O–H groups in total. The molecule has 0 saturated heterocycles. The van der Waals surface area contributed by atoms with Gasteiger partial charge in [-0.15, -0.1) is 0 Å². The lowest BCUT2D eigenvalue weighted by atomic mass is 10.1. The van der Waals surface area contributed by atoms with Gasteiger partial charge >= 0.3 is 0 Å². The normalized spacial score (nSPS) is 12.4. The highest BCUT2D eigenvalue weighted by atomic mass is 32.2. The van der Waals surface area contributed by atoms with E-state index in [0.29, 0.717) is 17.1 Å². The lowest BCUT2D eigenvalue weighted by Crippen LogP contribution is -2.21. The number of nitrogens with zero attached hydrogens (tertiary/aromatic N) is 2. The van der Waals surface area contributed by atoms with Crippen LogP contribution in [-0.2, 0) is 0 Å². The van der Waals surface area contributed by atoms with Crippen molar-refractivity contribution in [1.29, 1.82) is 0 Å². The maximum atomic E-state index is 12.6. The van der Waals surface area contributed by atoms with Gasteiger partial charge in [-0.2, -0.15) is 4.98 Å². The maximum Gasteiger partial charge on any atom is 0.273 e. The minimum atomic E-state index is -0.276. The number of carbonyl (C=O) groups is 1. The number of ketones is 1. The molecule has 1 heterocycles. The summed E-state index contributed by atoms with van der Waals surface area (Å²) in [5, 5.41) is 0.348. The van der Waals surface area contributed by atoms with Crippen LogP contribution in [0.2, 0.25) is 0 Å². The second-order valence-corrected chi connectivity index (χ2v) is 6.46. The van der Waals surface area contributed by atoms with Crippen molar-refractivity contribution in [3.05, 3.63) is 58.5 Å². The number of rotatable bonds is 6. The zero-order valence-electron chi connectivity index (χ0n) is 13.0. The minimum Gasteiger partial charge on any atom is -0.325 e. The average Bonchev–Trinajstić information content (AvgIpc) is 2.52. The van der Waals surface area contributed by atoms with E-state index < -0.39 is 0 Å². The molecule has 116 valence electrons. The molecule has 0 fully saturated rings. The molecular formula is C17H20N2O2S. The monoisotopic (exact) mass is 316 g/mol. The molecule has 1 aromatic carbocycles. The molecule has 1 unspecified atom stereocenters. The molecule has 0 spiro atoms. The maximum absolute atomic E-state index is 12.6. The third kappa shape index (κ3) is 3.85. The Hall–Kier alpha value is -1.88. The van der Waals surface area contributed by atoms with E-state index in [1.807, 2.05) is 55.7 Å². The summed E-state index contributed by atoms with van der Waals surface area (Å²) < 4.78 is 1.92. The Labute approximate surface area is 134 Å². The van der Waals surface area contributed by atoms with Crippen molar-refractivity contribution in [2.24, 2.45) is 0 Å². The summed E-state index contributed by atoms with van der Waals surface area (Å²) in [5.41, 5.74) is 0.414. The van der Waals surface area contributed by atoms with E-state index >= 15 is 0 Å². The molecule has 22 heavy (non-hydrogen) atoms. The van der Waals surface area contributed by atoms with Gasteiger partial charge in [0.2, 0.25) is 0 Å². The van der Waals surface area contributed by atoms with Crippen molar-refractivity contribution in [3.63, 3.8) is 0 Å². The summed E-state index contributed by atoms with van der Waals surface area (Å²) >= 11 is 1.36. The molecule has 1 atom stereocenters. The van der Waals surface area contributed by atoms with Gasteiger partial charge in [0.1, 0.15) is 0 Å². The van der Waals surface area contributed by atoms with E-state index in [9.17, 15) is 9.59 Å². The standard InChI is InChI=1S/C17H20N2O2S/c1-4-14(16(21)13-8-6-5-7-9-13)22-17-18-15(20)10-11-19(17)12(2)3/h5-12,14H,4H2,1-3H3. The topological polar surface area (TPSA) is 52.0 Å².